The standard InChI is InChI=1S/C19H28N4S/c1-6-20-19(21-12-11-18-15(4)22-16(5)24-18)23-14(3)17-10-8-7-9-13(17)2/h7-10,14H,6,11-12H2,1-5H3,(H2,20,21,23). The van der Waals surface area contributed by atoms with Crippen molar-refractivity contribution in [2.75, 3.05) is 13.1 Å². The van der Waals surface area contributed by atoms with Crippen molar-refractivity contribution in [1.29, 1.82) is 0 Å². The molecule has 0 saturated carbocycles. The number of nitrogens with one attached hydrogen (secondary N) is 2. The number of guanidine groups is 1. The highest BCUT2D eigenvalue weighted by molar-refractivity contribution is 7.11. The van der Waals surface area contributed by atoms with E-state index >= 15 is 0 Å². The third-order valence-corrected chi connectivity index (χ3v) is 5.09. The van der Waals surface area contributed by atoms with Gasteiger partial charge >= 0.3 is 0 Å². The highest BCUT2D eigenvalue weighted by Gasteiger charge is 2.10. The van der Waals surface area contributed by atoms with Gasteiger partial charge in [0.25, 0.3) is 0 Å². The van der Waals surface area contributed by atoms with Crippen molar-refractivity contribution in [3.05, 3.63) is 51.0 Å². The van der Waals surface area contributed by atoms with Gasteiger partial charge in [0.05, 0.1) is 16.7 Å². The van der Waals surface area contributed by atoms with E-state index in [1.54, 1.807) is 11.3 Å². The Balaban J connectivity index is 2.00. The van der Waals surface area contributed by atoms with Gasteiger partial charge in [0, 0.05) is 24.4 Å². The predicted octanol–water partition coefficient (Wildman–Crippen LogP) is 3.93. The number of hydrogen-bond acceptors (Lipinski definition) is 3. The normalized spacial score (nSPS) is 13.0. The van der Waals surface area contributed by atoms with Crippen molar-refractivity contribution in [2.24, 2.45) is 4.99 Å². The van der Waals surface area contributed by atoms with Crippen molar-refractivity contribution >= 4 is 17.3 Å². The molecule has 0 bridgehead atoms. The zero-order chi connectivity index (χ0) is 17.5. The first-order valence-electron chi connectivity index (χ1n) is 8.54. The first-order chi connectivity index (χ1) is 11.5. The van der Waals surface area contributed by atoms with Crippen LogP contribution in [0.3, 0.4) is 0 Å². The van der Waals surface area contributed by atoms with Gasteiger partial charge in [-0.2, -0.15) is 0 Å². The molecule has 130 valence electrons. The molecule has 0 aliphatic carbocycles. The molecule has 4 nitrogen and oxygen atoms in total. The lowest BCUT2D eigenvalue weighted by Gasteiger charge is -2.19. The van der Waals surface area contributed by atoms with E-state index in [-0.39, 0.29) is 6.04 Å². The van der Waals surface area contributed by atoms with E-state index < -0.39 is 0 Å². The van der Waals surface area contributed by atoms with E-state index in [1.165, 1.54) is 16.0 Å². The molecule has 2 aromatic rings. The summed E-state index contributed by atoms with van der Waals surface area (Å²) in [5, 5.41) is 7.97. The second kappa shape index (κ2) is 8.83. The van der Waals surface area contributed by atoms with Gasteiger partial charge in [0.15, 0.2) is 5.96 Å². The first-order valence-corrected chi connectivity index (χ1v) is 9.36. The minimum absolute atomic E-state index is 0.219. The maximum atomic E-state index is 4.73. The van der Waals surface area contributed by atoms with Gasteiger partial charge in [-0.25, -0.2) is 4.98 Å². The van der Waals surface area contributed by atoms with E-state index in [9.17, 15) is 0 Å². The van der Waals surface area contributed by atoms with Crippen LogP contribution in [0.2, 0.25) is 0 Å². The average Bonchev–Trinajstić information content (AvgIpc) is 2.85. The highest BCUT2D eigenvalue weighted by Crippen LogP contribution is 2.18. The quantitative estimate of drug-likeness (QED) is 0.617. The number of aryl methyl sites for hydroxylation is 3. The van der Waals surface area contributed by atoms with Crippen LogP contribution in [-0.2, 0) is 6.42 Å². The topological polar surface area (TPSA) is 49.3 Å². The fourth-order valence-electron chi connectivity index (χ4n) is 2.75. The van der Waals surface area contributed by atoms with Gasteiger partial charge in [0.2, 0.25) is 0 Å². The largest absolute Gasteiger partial charge is 0.357 e. The third-order valence-electron chi connectivity index (χ3n) is 3.96. The van der Waals surface area contributed by atoms with Gasteiger partial charge < -0.3 is 10.6 Å². The Kier molecular flexibility index (Phi) is 6.79. The number of nitrogens with zero attached hydrogens (tertiary/aromatic N) is 2. The van der Waals surface area contributed by atoms with Crippen LogP contribution >= 0.6 is 11.3 Å². The third kappa shape index (κ3) is 5.06. The first kappa shape index (κ1) is 18.5. The molecule has 0 spiro atoms. The van der Waals surface area contributed by atoms with Crippen molar-refractivity contribution in [1.82, 2.24) is 15.6 Å². The summed E-state index contributed by atoms with van der Waals surface area (Å²) >= 11 is 1.77. The van der Waals surface area contributed by atoms with Crippen LogP contribution in [0.15, 0.2) is 29.3 Å². The summed E-state index contributed by atoms with van der Waals surface area (Å²) in [7, 11) is 0. The summed E-state index contributed by atoms with van der Waals surface area (Å²) < 4.78 is 0. The Labute approximate surface area is 149 Å². The molecule has 24 heavy (non-hydrogen) atoms. The second-order valence-corrected chi connectivity index (χ2v) is 7.26. The van der Waals surface area contributed by atoms with Crippen LogP contribution in [0.1, 0.15) is 46.6 Å². The number of aromatic nitrogens is 1. The van der Waals surface area contributed by atoms with Gasteiger partial charge in [-0.15, -0.1) is 11.3 Å². The Hall–Kier alpha value is -1.88. The summed E-state index contributed by atoms with van der Waals surface area (Å²) in [6.45, 7) is 12.2. The summed E-state index contributed by atoms with van der Waals surface area (Å²) in [6, 6.07) is 8.69. The lowest BCUT2D eigenvalue weighted by molar-refractivity contribution is 0.682. The van der Waals surface area contributed by atoms with E-state index in [1.807, 2.05) is 0 Å². The van der Waals surface area contributed by atoms with Gasteiger partial charge in [-0.1, -0.05) is 24.3 Å². The number of benzene rings is 1. The molecule has 2 rings (SSSR count). The summed E-state index contributed by atoms with van der Waals surface area (Å²) in [5.41, 5.74) is 3.74. The van der Waals surface area contributed by atoms with Crippen molar-refractivity contribution in [3.8, 4) is 0 Å². The van der Waals surface area contributed by atoms with Crippen molar-refractivity contribution < 1.29 is 0 Å². The van der Waals surface area contributed by atoms with Crippen LogP contribution in [-0.4, -0.2) is 24.0 Å². The van der Waals surface area contributed by atoms with E-state index in [2.05, 4.69) is 74.5 Å². The van der Waals surface area contributed by atoms with Crippen LogP contribution in [0.5, 0.6) is 0 Å². The Morgan fingerprint density at radius 1 is 1.25 bits per heavy atom. The lowest BCUT2D eigenvalue weighted by atomic mass is 10.0. The van der Waals surface area contributed by atoms with Crippen LogP contribution in [0.25, 0.3) is 0 Å². The molecule has 1 unspecified atom stereocenters. The van der Waals surface area contributed by atoms with Crippen molar-refractivity contribution in [2.45, 2.75) is 47.1 Å². The molecule has 0 amide bonds. The smallest absolute Gasteiger partial charge is 0.191 e. The average molecular weight is 345 g/mol. The van der Waals surface area contributed by atoms with Crippen molar-refractivity contribution in [3.63, 3.8) is 0 Å². The molecule has 0 aliphatic rings. The minimum atomic E-state index is 0.219. The number of aliphatic imine (C=N–C) groups is 1. The van der Waals surface area contributed by atoms with E-state index in [0.29, 0.717) is 0 Å². The monoisotopic (exact) mass is 344 g/mol. The predicted molar refractivity (Wildman–Crippen MR) is 104 cm³/mol. The van der Waals surface area contributed by atoms with E-state index in [4.69, 9.17) is 4.99 Å². The van der Waals surface area contributed by atoms with E-state index in [0.717, 1.165) is 36.2 Å². The maximum Gasteiger partial charge on any atom is 0.191 e. The molecule has 1 aromatic carbocycles. The zero-order valence-corrected chi connectivity index (χ0v) is 16.1. The molecule has 0 fully saturated rings. The second-order valence-electron chi connectivity index (χ2n) is 5.97. The minimum Gasteiger partial charge on any atom is -0.357 e. The van der Waals surface area contributed by atoms with Crippen LogP contribution < -0.4 is 10.6 Å². The maximum absolute atomic E-state index is 4.73. The molecule has 1 heterocycles. The zero-order valence-electron chi connectivity index (χ0n) is 15.3. The molecule has 0 radical (unpaired) electrons. The highest BCUT2D eigenvalue weighted by atomic mass is 32.1. The molecule has 5 heteroatoms. The molecular weight excluding hydrogens is 316 g/mol. The summed E-state index contributed by atoms with van der Waals surface area (Å²) in [5.74, 6) is 0.868. The number of thiazole rings is 1. The molecule has 1 aromatic heterocycles. The van der Waals surface area contributed by atoms with Crippen LogP contribution in [0, 0.1) is 20.8 Å². The number of rotatable bonds is 6. The van der Waals surface area contributed by atoms with Gasteiger partial charge in [-0.3, -0.25) is 4.99 Å². The summed E-state index contributed by atoms with van der Waals surface area (Å²) in [6.07, 6.45) is 0.937. The SMILES string of the molecule is CCNC(=NCCc1sc(C)nc1C)NC(C)c1ccccc1C. The molecule has 0 saturated heterocycles. The molecular formula is C19H28N4S. The molecule has 2 N–H and O–H groups in total. The van der Waals surface area contributed by atoms with Gasteiger partial charge in [-0.05, 0) is 45.7 Å². The fourth-order valence-corrected chi connectivity index (χ4v) is 3.68. The van der Waals surface area contributed by atoms with Gasteiger partial charge in [0.1, 0.15) is 0 Å². The lowest BCUT2D eigenvalue weighted by Crippen LogP contribution is -2.39. The number of hydrogen-bond donors (Lipinski definition) is 2. The molecule has 1 atom stereocenters. The van der Waals surface area contributed by atoms with Crippen LogP contribution in [0.4, 0.5) is 0 Å². The fraction of sp³-hybridized carbons (Fsp3) is 0.474. The molecule has 0 aliphatic heterocycles. The Morgan fingerprint density at radius 2 is 2.00 bits per heavy atom. The Bertz CT molecular complexity index is 690. The summed E-state index contributed by atoms with van der Waals surface area (Å²) in [4.78, 5) is 10.5. The Morgan fingerprint density at radius 3 is 2.62 bits per heavy atom.